The van der Waals surface area contributed by atoms with E-state index in [-0.39, 0.29) is 42.1 Å². The maximum Gasteiger partial charge on any atom is 0.252 e. The van der Waals surface area contributed by atoms with Crippen LogP contribution in [0.5, 0.6) is 11.5 Å². The van der Waals surface area contributed by atoms with E-state index in [4.69, 9.17) is 21.1 Å². The second kappa shape index (κ2) is 10.2. The Morgan fingerprint density at radius 1 is 1.03 bits per heavy atom. The molecule has 3 heterocycles. The van der Waals surface area contributed by atoms with Crippen LogP contribution in [-0.2, 0) is 26.0 Å². The highest BCUT2D eigenvalue weighted by molar-refractivity contribution is 7.91. The number of hydrogen-bond donors (Lipinski definition) is 0. The van der Waals surface area contributed by atoms with Crippen molar-refractivity contribution in [2.45, 2.75) is 23.1 Å². The van der Waals surface area contributed by atoms with Gasteiger partial charge in [0.25, 0.3) is 10.0 Å². The van der Waals surface area contributed by atoms with Gasteiger partial charge in [0.1, 0.15) is 4.21 Å². The van der Waals surface area contributed by atoms with Crippen LogP contribution in [0.1, 0.15) is 12.0 Å². The largest absolute Gasteiger partial charge is 0.493 e. The Hall–Kier alpha value is -2.18. The Morgan fingerprint density at radius 3 is 2.35 bits per heavy atom. The van der Waals surface area contributed by atoms with Gasteiger partial charge in [0, 0.05) is 32.7 Å². The van der Waals surface area contributed by atoms with E-state index in [0.29, 0.717) is 35.3 Å². The van der Waals surface area contributed by atoms with Crippen molar-refractivity contribution in [1.29, 1.82) is 0 Å². The van der Waals surface area contributed by atoms with Crippen molar-refractivity contribution in [3.8, 4) is 11.5 Å². The summed E-state index contributed by atoms with van der Waals surface area (Å²) in [6, 6.07) is 8.02. The van der Waals surface area contributed by atoms with Gasteiger partial charge >= 0.3 is 0 Å². The predicted molar refractivity (Wildman–Crippen MR) is 128 cm³/mol. The molecule has 9 nitrogen and oxygen atoms in total. The van der Waals surface area contributed by atoms with Crippen LogP contribution < -0.4 is 9.47 Å². The normalized spacial score (nSPS) is 20.2. The van der Waals surface area contributed by atoms with Gasteiger partial charge < -0.3 is 9.47 Å². The molecule has 4 rings (SSSR count). The van der Waals surface area contributed by atoms with E-state index in [2.05, 4.69) is 0 Å². The van der Waals surface area contributed by atoms with Crippen LogP contribution in [0.15, 0.2) is 34.5 Å². The summed E-state index contributed by atoms with van der Waals surface area (Å²) >= 11 is 6.92. The number of ether oxygens (including phenoxy) is 2. The van der Waals surface area contributed by atoms with Crippen LogP contribution in [0.4, 0.5) is 0 Å². The first kappa shape index (κ1) is 24.9. The first-order valence-electron chi connectivity index (χ1n) is 10.8. The molecule has 0 N–H and O–H groups in total. The number of piperazine rings is 1. The van der Waals surface area contributed by atoms with Crippen molar-refractivity contribution in [3.05, 3.63) is 40.2 Å². The van der Waals surface area contributed by atoms with Crippen LogP contribution in [0.3, 0.4) is 0 Å². The van der Waals surface area contributed by atoms with E-state index >= 15 is 0 Å². The molecule has 2 aromatic rings. The quantitative estimate of drug-likeness (QED) is 0.485. The molecule has 0 bridgehead atoms. The summed E-state index contributed by atoms with van der Waals surface area (Å²) in [5.74, 6) is 0.767. The molecule has 0 unspecified atom stereocenters. The molecule has 12 heteroatoms. The predicted octanol–water partition coefficient (Wildman–Crippen LogP) is 2.10. The molecule has 2 aliphatic heterocycles. The summed E-state index contributed by atoms with van der Waals surface area (Å²) < 4.78 is 38.2. The molecule has 2 saturated heterocycles. The molecule has 1 aromatic carbocycles. The summed E-state index contributed by atoms with van der Waals surface area (Å²) in [5, 5.41) is 0. The van der Waals surface area contributed by atoms with Gasteiger partial charge in [-0.2, -0.15) is 4.31 Å². The molecule has 0 radical (unpaired) electrons. The molecule has 2 amide bonds. The third-order valence-corrected chi connectivity index (χ3v) is 9.75. The summed E-state index contributed by atoms with van der Waals surface area (Å²) in [4.78, 5) is 28.9. The molecule has 2 aliphatic rings. The smallest absolute Gasteiger partial charge is 0.252 e. The minimum atomic E-state index is -3.61. The van der Waals surface area contributed by atoms with Crippen molar-refractivity contribution in [1.82, 2.24) is 14.1 Å². The van der Waals surface area contributed by atoms with Crippen LogP contribution in [0.25, 0.3) is 0 Å². The zero-order valence-corrected chi connectivity index (χ0v) is 21.3. The lowest BCUT2D eigenvalue weighted by molar-refractivity contribution is -0.139. The lowest BCUT2D eigenvalue weighted by atomic mass is 10.1. The third kappa shape index (κ3) is 4.94. The van der Waals surface area contributed by atoms with E-state index in [1.165, 1.54) is 15.3 Å². The number of amides is 2. The van der Waals surface area contributed by atoms with E-state index < -0.39 is 16.1 Å². The van der Waals surface area contributed by atoms with E-state index in [9.17, 15) is 18.0 Å². The lowest BCUT2D eigenvalue weighted by Gasteiger charge is -2.36. The van der Waals surface area contributed by atoms with E-state index in [1.807, 2.05) is 17.0 Å². The van der Waals surface area contributed by atoms with Gasteiger partial charge in [0.05, 0.1) is 31.0 Å². The minimum Gasteiger partial charge on any atom is -0.493 e. The molecular weight excluding hydrogens is 502 g/mol. The topological polar surface area (TPSA) is 96.5 Å². The highest BCUT2D eigenvalue weighted by atomic mass is 35.5. The minimum absolute atomic E-state index is 0.109. The van der Waals surface area contributed by atoms with Gasteiger partial charge in [0.2, 0.25) is 11.8 Å². The number of carbonyl (C=O) groups excluding carboxylic acids is 2. The molecule has 0 spiro atoms. The van der Waals surface area contributed by atoms with Crippen LogP contribution in [-0.4, -0.2) is 87.3 Å². The molecule has 0 aliphatic carbocycles. The zero-order valence-electron chi connectivity index (χ0n) is 18.9. The Balaban J connectivity index is 1.35. The Bertz CT molecular complexity index is 1180. The van der Waals surface area contributed by atoms with Gasteiger partial charge in [-0.15, -0.1) is 11.3 Å². The Morgan fingerprint density at radius 2 is 1.74 bits per heavy atom. The zero-order chi connectivity index (χ0) is 24.5. The highest BCUT2D eigenvalue weighted by Gasteiger charge is 2.43. The molecule has 1 atom stereocenters. The number of nitrogens with zero attached hydrogens (tertiary/aromatic N) is 3. The average molecular weight is 528 g/mol. The average Bonchev–Trinajstić information content (AvgIpc) is 3.40. The molecule has 34 heavy (non-hydrogen) atoms. The van der Waals surface area contributed by atoms with Crippen molar-refractivity contribution in [2.24, 2.45) is 0 Å². The van der Waals surface area contributed by atoms with Crippen molar-refractivity contribution in [2.75, 3.05) is 46.9 Å². The number of likely N-dealkylation sites (tertiary alicyclic amines) is 1. The number of methoxy groups -OCH3 is 2. The first-order chi connectivity index (χ1) is 16.2. The van der Waals surface area contributed by atoms with Gasteiger partial charge in [-0.3, -0.25) is 19.4 Å². The number of hydrogen-bond acceptors (Lipinski definition) is 8. The van der Waals surface area contributed by atoms with Gasteiger partial charge in [-0.25, -0.2) is 8.42 Å². The number of rotatable bonds is 8. The fourth-order valence-electron chi connectivity index (χ4n) is 4.28. The molecule has 1 aromatic heterocycles. The standard InChI is InChI=1S/C22H26ClN3O6S2/c1-31-17-4-3-15(13-18(17)32-2)7-8-26-20(27)14-16(22(26)28)24-9-11-25(12-10-24)34(29,30)21-6-5-19(23)33-21/h3-6,13,16H,7-12,14H2,1-2H3/t16-/m0/s1. The number of halogens is 1. The van der Waals surface area contributed by atoms with Crippen molar-refractivity contribution < 1.29 is 27.5 Å². The van der Waals surface area contributed by atoms with E-state index in [0.717, 1.165) is 16.9 Å². The second-order valence-electron chi connectivity index (χ2n) is 8.04. The number of imide groups is 1. The molecule has 2 fully saturated rings. The SMILES string of the molecule is COc1ccc(CCN2C(=O)C[C@H](N3CCN(S(=O)(=O)c4ccc(Cl)s4)CC3)C2=O)cc1OC. The van der Waals surface area contributed by atoms with Crippen molar-refractivity contribution >= 4 is 44.8 Å². The summed E-state index contributed by atoms with van der Waals surface area (Å²) in [5.41, 5.74) is 0.925. The Labute approximate surface area is 207 Å². The maximum atomic E-state index is 13.0. The summed E-state index contributed by atoms with van der Waals surface area (Å²) in [6.45, 7) is 1.54. The van der Waals surface area contributed by atoms with Crippen molar-refractivity contribution in [3.63, 3.8) is 0 Å². The first-order valence-corrected chi connectivity index (χ1v) is 13.4. The van der Waals surface area contributed by atoms with Crippen LogP contribution >= 0.6 is 22.9 Å². The molecule has 0 saturated carbocycles. The number of sulfonamides is 1. The number of benzene rings is 1. The number of carbonyl (C=O) groups is 2. The second-order valence-corrected chi connectivity index (χ2v) is 11.9. The van der Waals surface area contributed by atoms with Crippen LogP contribution in [0, 0.1) is 0 Å². The van der Waals surface area contributed by atoms with Gasteiger partial charge in [-0.05, 0) is 36.2 Å². The fraction of sp³-hybridized carbons (Fsp3) is 0.455. The van der Waals surface area contributed by atoms with Crippen LogP contribution in [0.2, 0.25) is 4.34 Å². The fourth-order valence-corrected chi connectivity index (χ4v) is 7.34. The monoisotopic (exact) mass is 527 g/mol. The molecule has 184 valence electrons. The summed E-state index contributed by atoms with van der Waals surface area (Å²) in [7, 11) is -0.496. The summed E-state index contributed by atoms with van der Waals surface area (Å²) in [6.07, 6.45) is 0.609. The van der Waals surface area contributed by atoms with E-state index in [1.54, 1.807) is 26.4 Å². The third-order valence-electron chi connectivity index (χ3n) is 6.15. The lowest BCUT2D eigenvalue weighted by Crippen LogP contribution is -2.53. The molecular formula is C22H26ClN3O6S2. The van der Waals surface area contributed by atoms with Gasteiger partial charge in [0.15, 0.2) is 11.5 Å². The maximum absolute atomic E-state index is 13.0. The number of thiophene rings is 1. The highest BCUT2D eigenvalue weighted by Crippen LogP contribution is 2.30. The Kier molecular flexibility index (Phi) is 7.48. The van der Waals surface area contributed by atoms with Gasteiger partial charge in [-0.1, -0.05) is 17.7 Å².